The van der Waals surface area contributed by atoms with Crippen LogP contribution in [0.15, 0.2) is 59.6 Å². The van der Waals surface area contributed by atoms with Crippen LogP contribution in [-0.2, 0) is 11.3 Å². The van der Waals surface area contributed by atoms with Crippen LogP contribution in [0, 0.1) is 6.92 Å². The van der Waals surface area contributed by atoms with Gasteiger partial charge in [0.15, 0.2) is 0 Å². The zero-order valence-electron chi connectivity index (χ0n) is 13.7. The first-order valence-corrected chi connectivity index (χ1v) is 9.21. The molecule has 124 valence electrons. The molecule has 1 aliphatic rings. The van der Waals surface area contributed by atoms with Gasteiger partial charge in [-0.1, -0.05) is 72.0 Å². The van der Waals surface area contributed by atoms with Crippen molar-refractivity contribution in [1.82, 2.24) is 9.88 Å². The SMILES string of the molecule is Cc1cccc(Cn2cc(C=C3SC(=S)NC3=O)c3ccccc32)c1. The van der Waals surface area contributed by atoms with Crippen molar-refractivity contribution in [2.24, 2.45) is 0 Å². The third-order valence-electron chi connectivity index (χ3n) is 4.18. The minimum atomic E-state index is -0.120. The Labute approximate surface area is 155 Å². The average molecular weight is 364 g/mol. The fourth-order valence-electron chi connectivity index (χ4n) is 3.09. The van der Waals surface area contributed by atoms with Gasteiger partial charge in [0.25, 0.3) is 5.91 Å². The van der Waals surface area contributed by atoms with Gasteiger partial charge in [-0.3, -0.25) is 4.79 Å². The van der Waals surface area contributed by atoms with Crippen molar-refractivity contribution in [3.8, 4) is 0 Å². The number of rotatable bonds is 3. The van der Waals surface area contributed by atoms with E-state index >= 15 is 0 Å². The maximum Gasteiger partial charge on any atom is 0.263 e. The minimum absolute atomic E-state index is 0.120. The van der Waals surface area contributed by atoms with E-state index in [-0.39, 0.29) is 5.91 Å². The monoisotopic (exact) mass is 364 g/mol. The lowest BCUT2D eigenvalue weighted by Gasteiger charge is -2.06. The van der Waals surface area contributed by atoms with Crippen LogP contribution in [-0.4, -0.2) is 14.8 Å². The molecular weight excluding hydrogens is 348 g/mol. The highest BCUT2D eigenvalue weighted by molar-refractivity contribution is 8.26. The van der Waals surface area contributed by atoms with Crippen molar-refractivity contribution in [3.05, 3.63) is 76.3 Å². The number of hydrogen-bond donors (Lipinski definition) is 1. The molecule has 1 amide bonds. The van der Waals surface area contributed by atoms with Gasteiger partial charge in [0.05, 0.1) is 4.91 Å². The highest BCUT2D eigenvalue weighted by Gasteiger charge is 2.22. The molecule has 0 radical (unpaired) electrons. The normalized spacial score (nSPS) is 16.0. The Morgan fingerprint density at radius 2 is 2.04 bits per heavy atom. The van der Waals surface area contributed by atoms with Crippen molar-refractivity contribution < 1.29 is 4.79 Å². The predicted octanol–water partition coefficient (Wildman–Crippen LogP) is 4.49. The predicted molar refractivity (Wildman–Crippen MR) is 109 cm³/mol. The Morgan fingerprint density at radius 3 is 2.80 bits per heavy atom. The third kappa shape index (κ3) is 3.25. The number of nitrogens with one attached hydrogen (secondary N) is 1. The number of amides is 1. The van der Waals surface area contributed by atoms with E-state index in [0.717, 1.165) is 23.0 Å². The first-order chi connectivity index (χ1) is 12.1. The molecule has 0 atom stereocenters. The third-order valence-corrected chi connectivity index (χ3v) is 5.35. The average Bonchev–Trinajstić information content (AvgIpc) is 3.08. The molecule has 1 aliphatic heterocycles. The molecule has 25 heavy (non-hydrogen) atoms. The van der Waals surface area contributed by atoms with Crippen molar-refractivity contribution >= 4 is 51.2 Å². The van der Waals surface area contributed by atoms with Crippen molar-refractivity contribution in [1.29, 1.82) is 0 Å². The Morgan fingerprint density at radius 1 is 1.20 bits per heavy atom. The summed E-state index contributed by atoms with van der Waals surface area (Å²) in [6, 6.07) is 16.8. The van der Waals surface area contributed by atoms with Crippen LogP contribution < -0.4 is 5.32 Å². The van der Waals surface area contributed by atoms with Crippen LogP contribution in [0.4, 0.5) is 0 Å². The van der Waals surface area contributed by atoms with Gasteiger partial charge in [-0.2, -0.15) is 0 Å². The van der Waals surface area contributed by atoms with Gasteiger partial charge in [0.2, 0.25) is 0 Å². The lowest BCUT2D eigenvalue weighted by Crippen LogP contribution is -2.17. The minimum Gasteiger partial charge on any atom is -0.342 e. The number of aromatic nitrogens is 1. The summed E-state index contributed by atoms with van der Waals surface area (Å²) in [5.41, 5.74) is 4.70. The van der Waals surface area contributed by atoms with Gasteiger partial charge >= 0.3 is 0 Å². The number of nitrogens with zero attached hydrogens (tertiary/aromatic N) is 1. The fraction of sp³-hybridized carbons (Fsp3) is 0.100. The van der Waals surface area contributed by atoms with Gasteiger partial charge < -0.3 is 9.88 Å². The molecule has 2 aromatic carbocycles. The van der Waals surface area contributed by atoms with Gasteiger partial charge in [0.1, 0.15) is 4.32 Å². The lowest BCUT2D eigenvalue weighted by atomic mass is 10.1. The summed E-state index contributed by atoms with van der Waals surface area (Å²) in [5.74, 6) is -0.120. The van der Waals surface area contributed by atoms with E-state index in [0.29, 0.717) is 9.23 Å². The van der Waals surface area contributed by atoms with Crippen LogP contribution in [0.5, 0.6) is 0 Å². The van der Waals surface area contributed by atoms with Crippen molar-refractivity contribution in [2.75, 3.05) is 0 Å². The molecule has 1 aromatic heterocycles. The smallest absolute Gasteiger partial charge is 0.263 e. The Kier molecular flexibility index (Phi) is 4.19. The summed E-state index contributed by atoms with van der Waals surface area (Å²) in [7, 11) is 0. The molecule has 0 saturated carbocycles. The zero-order chi connectivity index (χ0) is 17.4. The number of fused-ring (bicyclic) bond motifs is 1. The van der Waals surface area contributed by atoms with Gasteiger partial charge in [-0.05, 0) is 24.6 Å². The molecule has 1 fully saturated rings. The number of aryl methyl sites for hydroxylation is 1. The second kappa shape index (κ2) is 6.50. The molecule has 0 unspecified atom stereocenters. The number of carbonyl (C=O) groups is 1. The molecule has 1 saturated heterocycles. The molecule has 0 spiro atoms. The molecule has 0 bridgehead atoms. The maximum atomic E-state index is 12.0. The molecule has 3 aromatic rings. The summed E-state index contributed by atoms with van der Waals surface area (Å²) in [6.45, 7) is 2.90. The van der Waals surface area contributed by atoms with Crippen LogP contribution in [0.1, 0.15) is 16.7 Å². The van der Waals surface area contributed by atoms with Crippen molar-refractivity contribution in [2.45, 2.75) is 13.5 Å². The maximum absolute atomic E-state index is 12.0. The summed E-state index contributed by atoms with van der Waals surface area (Å²) in [5, 5.41) is 3.80. The highest BCUT2D eigenvalue weighted by atomic mass is 32.2. The summed E-state index contributed by atoms with van der Waals surface area (Å²) in [4.78, 5) is 12.6. The molecule has 2 heterocycles. The van der Waals surface area contributed by atoms with Gasteiger partial charge in [-0.15, -0.1) is 0 Å². The number of hydrogen-bond acceptors (Lipinski definition) is 3. The summed E-state index contributed by atoms with van der Waals surface area (Å²) < 4.78 is 2.74. The van der Waals surface area contributed by atoms with Crippen LogP contribution in [0.3, 0.4) is 0 Å². The highest BCUT2D eigenvalue weighted by Crippen LogP contribution is 2.30. The summed E-state index contributed by atoms with van der Waals surface area (Å²) in [6.07, 6.45) is 4.03. The molecule has 1 N–H and O–H groups in total. The van der Waals surface area contributed by atoms with Crippen LogP contribution in [0.2, 0.25) is 0 Å². The van der Waals surface area contributed by atoms with Gasteiger partial charge in [0, 0.05) is 29.2 Å². The number of thioether (sulfide) groups is 1. The van der Waals surface area contributed by atoms with E-state index in [4.69, 9.17) is 12.2 Å². The second-order valence-electron chi connectivity index (χ2n) is 6.07. The molecule has 4 rings (SSSR count). The molecule has 0 aliphatic carbocycles. The largest absolute Gasteiger partial charge is 0.342 e. The van der Waals surface area contributed by atoms with E-state index in [9.17, 15) is 4.79 Å². The Bertz CT molecular complexity index is 1030. The van der Waals surface area contributed by atoms with E-state index in [1.54, 1.807) is 0 Å². The van der Waals surface area contributed by atoms with Gasteiger partial charge in [-0.25, -0.2) is 0 Å². The number of para-hydroxylation sites is 1. The topological polar surface area (TPSA) is 34.0 Å². The van der Waals surface area contributed by atoms with E-state index < -0.39 is 0 Å². The molecule has 3 nitrogen and oxygen atoms in total. The fourth-order valence-corrected chi connectivity index (χ4v) is 4.13. The van der Waals surface area contributed by atoms with E-state index in [1.807, 2.05) is 18.2 Å². The quantitative estimate of drug-likeness (QED) is 0.549. The van der Waals surface area contributed by atoms with Crippen molar-refractivity contribution in [3.63, 3.8) is 0 Å². The Balaban J connectivity index is 1.78. The second-order valence-corrected chi connectivity index (χ2v) is 7.79. The zero-order valence-corrected chi connectivity index (χ0v) is 15.3. The number of benzene rings is 2. The number of thiocarbonyl (C=S) groups is 1. The van der Waals surface area contributed by atoms with Crippen LogP contribution in [0.25, 0.3) is 17.0 Å². The molecular formula is C20H16N2OS2. The summed E-state index contributed by atoms with van der Waals surface area (Å²) >= 11 is 6.39. The Hall–Kier alpha value is -2.37. The van der Waals surface area contributed by atoms with E-state index in [2.05, 4.69) is 59.4 Å². The molecule has 5 heteroatoms. The standard InChI is InChI=1S/C20H16N2OS2/c1-13-5-4-6-14(9-13)11-22-12-15(16-7-2-3-8-17(16)22)10-18-19(23)21-20(24)25-18/h2-10,12H,11H2,1H3,(H,21,23,24). The number of carbonyl (C=O) groups excluding carboxylic acids is 1. The first-order valence-electron chi connectivity index (χ1n) is 7.98. The first kappa shape index (κ1) is 16.1. The van der Waals surface area contributed by atoms with E-state index in [1.165, 1.54) is 22.9 Å². The van der Waals surface area contributed by atoms with Crippen LogP contribution >= 0.6 is 24.0 Å². The lowest BCUT2D eigenvalue weighted by molar-refractivity contribution is -0.115.